The number of amides is 1. The van der Waals surface area contributed by atoms with Gasteiger partial charge in [-0.05, 0) is 38.5 Å². The van der Waals surface area contributed by atoms with Gasteiger partial charge in [-0.2, -0.15) is 5.10 Å². The van der Waals surface area contributed by atoms with Gasteiger partial charge in [0.1, 0.15) is 0 Å². The summed E-state index contributed by atoms with van der Waals surface area (Å²) < 4.78 is 25.5. The molecule has 1 aliphatic heterocycles. The highest BCUT2D eigenvalue weighted by Crippen LogP contribution is 2.27. The highest BCUT2D eigenvalue weighted by molar-refractivity contribution is 7.91. The van der Waals surface area contributed by atoms with Crippen molar-refractivity contribution in [1.29, 1.82) is 0 Å². The molecule has 9 heteroatoms. The van der Waals surface area contributed by atoms with Gasteiger partial charge in [0, 0.05) is 30.4 Å². The van der Waals surface area contributed by atoms with Gasteiger partial charge in [-0.25, -0.2) is 13.4 Å². The van der Waals surface area contributed by atoms with E-state index in [1.54, 1.807) is 30.4 Å². The lowest BCUT2D eigenvalue weighted by Crippen LogP contribution is -2.26. The predicted molar refractivity (Wildman–Crippen MR) is 106 cm³/mol. The van der Waals surface area contributed by atoms with Crippen molar-refractivity contribution in [3.8, 4) is 0 Å². The second-order valence-corrected chi connectivity index (χ2v) is 9.68. The molecule has 4 rings (SSSR count). The lowest BCUT2D eigenvalue weighted by Gasteiger charge is -2.18. The Kier molecular flexibility index (Phi) is 4.49. The number of benzene rings is 1. The normalized spacial score (nSPS) is 18.6. The van der Waals surface area contributed by atoms with Crippen LogP contribution in [0.25, 0.3) is 11.0 Å². The Balaban J connectivity index is 1.55. The van der Waals surface area contributed by atoms with Gasteiger partial charge < -0.3 is 9.88 Å². The molecule has 1 aromatic carbocycles. The number of rotatable bonds is 4. The second kappa shape index (κ2) is 6.73. The Morgan fingerprint density at radius 3 is 2.86 bits per heavy atom. The van der Waals surface area contributed by atoms with Gasteiger partial charge in [0.2, 0.25) is 0 Å². The molecule has 3 heterocycles. The van der Waals surface area contributed by atoms with Crippen molar-refractivity contribution in [2.45, 2.75) is 32.9 Å². The molecule has 1 aliphatic rings. The molecule has 2 aromatic heterocycles. The molecular formula is C19H23N5O3S. The first kappa shape index (κ1) is 18.7. The molecule has 8 nitrogen and oxygen atoms in total. The van der Waals surface area contributed by atoms with Gasteiger partial charge in [0.05, 0.1) is 40.6 Å². The topological polar surface area (TPSA) is 101 Å². The van der Waals surface area contributed by atoms with Gasteiger partial charge in [0.15, 0.2) is 9.84 Å². The van der Waals surface area contributed by atoms with E-state index < -0.39 is 9.84 Å². The molecule has 0 aliphatic carbocycles. The maximum absolute atomic E-state index is 12.9. The third-order valence-electron chi connectivity index (χ3n) is 5.44. The third-order valence-corrected chi connectivity index (χ3v) is 7.19. The predicted octanol–water partition coefficient (Wildman–Crippen LogP) is 2.01. The largest absolute Gasteiger partial charge is 0.345 e. The summed E-state index contributed by atoms with van der Waals surface area (Å²) in [5, 5.41) is 4.58. The Labute approximate surface area is 163 Å². The summed E-state index contributed by atoms with van der Waals surface area (Å²) in [5.41, 5.74) is 4.93. The van der Waals surface area contributed by atoms with Crippen molar-refractivity contribution < 1.29 is 13.2 Å². The van der Waals surface area contributed by atoms with Gasteiger partial charge in [-0.3, -0.25) is 9.48 Å². The van der Waals surface area contributed by atoms with Crippen LogP contribution in [0.5, 0.6) is 0 Å². The molecule has 0 radical (unpaired) electrons. The zero-order valence-electron chi connectivity index (χ0n) is 16.1. The summed E-state index contributed by atoms with van der Waals surface area (Å²) >= 11 is 0. The summed E-state index contributed by atoms with van der Waals surface area (Å²) in [5.74, 6) is 0.249. The number of H-pyrrole nitrogens is 1. The van der Waals surface area contributed by atoms with Crippen LogP contribution in [0.4, 0.5) is 0 Å². The number of fused-ring (bicyclic) bond motifs is 1. The maximum atomic E-state index is 12.9. The van der Waals surface area contributed by atoms with E-state index in [2.05, 4.69) is 15.1 Å². The van der Waals surface area contributed by atoms with Crippen LogP contribution in [0.15, 0.2) is 24.5 Å². The summed E-state index contributed by atoms with van der Waals surface area (Å²) in [7, 11) is -1.22. The minimum Gasteiger partial charge on any atom is -0.345 e. The molecule has 0 spiro atoms. The van der Waals surface area contributed by atoms with Crippen LogP contribution < -0.4 is 0 Å². The lowest BCUT2D eigenvalue weighted by molar-refractivity contribution is 0.0785. The van der Waals surface area contributed by atoms with Crippen LogP contribution in [0.2, 0.25) is 0 Å². The lowest BCUT2D eigenvalue weighted by atomic mass is 10.1. The number of nitrogens with one attached hydrogen (secondary N) is 1. The minimum atomic E-state index is -2.98. The number of imidazole rings is 1. The number of sulfone groups is 1. The van der Waals surface area contributed by atoms with Crippen molar-refractivity contribution in [2.75, 3.05) is 18.6 Å². The fourth-order valence-electron chi connectivity index (χ4n) is 3.85. The van der Waals surface area contributed by atoms with Crippen LogP contribution in [-0.4, -0.2) is 57.5 Å². The number of nitrogens with zero attached hydrogens (tertiary/aromatic N) is 4. The average Bonchev–Trinajstić information content (AvgIpc) is 3.33. The number of aromatic nitrogens is 4. The van der Waals surface area contributed by atoms with Gasteiger partial charge >= 0.3 is 0 Å². The standard InChI is InChI=1S/C19H23N5O3S/c1-12-16(13(2)24(22-12)15-6-7-28(26,27)10-15)9-23(3)19(25)14-4-5-17-18(8-14)21-11-20-17/h4-5,8,11,15H,6-7,9-10H2,1-3H3,(H,20,21). The van der Waals surface area contributed by atoms with E-state index >= 15 is 0 Å². The highest BCUT2D eigenvalue weighted by atomic mass is 32.2. The molecule has 1 atom stereocenters. The number of carbonyl (C=O) groups excluding carboxylic acids is 1. The second-order valence-electron chi connectivity index (χ2n) is 7.45. The van der Waals surface area contributed by atoms with Crippen LogP contribution >= 0.6 is 0 Å². The van der Waals surface area contributed by atoms with Crippen molar-refractivity contribution in [3.63, 3.8) is 0 Å². The molecule has 3 aromatic rings. The van der Waals surface area contributed by atoms with E-state index in [4.69, 9.17) is 0 Å². The van der Waals surface area contributed by atoms with E-state index in [9.17, 15) is 13.2 Å². The first-order valence-electron chi connectivity index (χ1n) is 9.19. The summed E-state index contributed by atoms with van der Waals surface area (Å²) in [4.78, 5) is 21.7. The number of aromatic amines is 1. The molecule has 1 saturated heterocycles. The first-order chi connectivity index (χ1) is 13.2. The Morgan fingerprint density at radius 1 is 1.36 bits per heavy atom. The quantitative estimate of drug-likeness (QED) is 0.721. The SMILES string of the molecule is Cc1nn(C2CCS(=O)(=O)C2)c(C)c1CN(C)C(=O)c1ccc2nc[nH]c2c1. The minimum absolute atomic E-state index is 0.0912. The van der Waals surface area contributed by atoms with E-state index in [1.807, 2.05) is 24.6 Å². The fraction of sp³-hybridized carbons (Fsp3) is 0.421. The summed E-state index contributed by atoms with van der Waals surface area (Å²) in [6, 6.07) is 5.27. The Bertz CT molecular complexity index is 1160. The number of carbonyl (C=O) groups is 1. The van der Waals surface area contributed by atoms with E-state index in [-0.39, 0.29) is 23.5 Å². The molecule has 0 bridgehead atoms. The van der Waals surface area contributed by atoms with Crippen LogP contribution in [0.3, 0.4) is 0 Å². The highest BCUT2D eigenvalue weighted by Gasteiger charge is 2.31. The molecular weight excluding hydrogens is 378 g/mol. The van der Waals surface area contributed by atoms with Crippen molar-refractivity contribution in [3.05, 3.63) is 47.0 Å². The molecule has 0 saturated carbocycles. The number of hydrogen-bond donors (Lipinski definition) is 1. The molecule has 28 heavy (non-hydrogen) atoms. The summed E-state index contributed by atoms with van der Waals surface area (Å²) in [6.07, 6.45) is 2.19. The van der Waals surface area contributed by atoms with Crippen LogP contribution in [-0.2, 0) is 16.4 Å². The van der Waals surface area contributed by atoms with Gasteiger partial charge in [-0.1, -0.05) is 0 Å². The Hall–Kier alpha value is -2.68. The van der Waals surface area contributed by atoms with Gasteiger partial charge in [0.25, 0.3) is 5.91 Å². The zero-order chi connectivity index (χ0) is 20.1. The van der Waals surface area contributed by atoms with Crippen LogP contribution in [0.1, 0.15) is 39.8 Å². The van der Waals surface area contributed by atoms with E-state index in [1.165, 1.54) is 0 Å². The van der Waals surface area contributed by atoms with Gasteiger partial charge in [-0.15, -0.1) is 0 Å². The molecule has 148 valence electrons. The Morgan fingerprint density at radius 2 is 2.14 bits per heavy atom. The van der Waals surface area contributed by atoms with E-state index in [0.717, 1.165) is 28.0 Å². The molecule has 1 amide bonds. The van der Waals surface area contributed by atoms with E-state index in [0.29, 0.717) is 18.5 Å². The average molecular weight is 401 g/mol. The maximum Gasteiger partial charge on any atom is 0.253 e. The zero-order valence-corrected chi connectivity index (χ0v) is 17.0. The van der Waals surface area contributed by atoms with Crippen LogP contribution in [0, 0.1) is 13.8 Å². The smallest absolute Gasteiger partial charge is 0.253 e. The fourth-order valence-corrected chi connectivity index (χ4v) is 5.54. The van der Waals surface area contributed by atoms with Crippen molar-refractivity contribution in [1.82, 2.24) is 24.6 Å². The van der Waals surface area contributed by atoms with Crippen molar-refractivity contribution in [2.24, 2.45) is 0 Å². The molecule has 1 unspecified atom stereocenters. The molecule has 1 N–H and O–H groups in total. The van der Waals surface area contributed by atoms with Crippen molar-refractivity contribution >= 4 is 26.8 Å². The summed E-state index contributed by atoms with van der Waals surface area (Å²) in [6.45, 7) is 4.25. The molecule has 1 fully saturated rings. The number of hydrogen-bond acceptors (Lipinski definition) is 5. The third kappa shape index (κ3) is 3.30. The first-order valence-corrected chi connectivity index (χ1v) is 11.0. The monoisotopic (exact) mass is 401 g/mol. The number of aryl methyl sites for hydroxylation is 1.